The molecule has 0 amide bonds. The molecule has 0 fully saturated rings. The predicted molar refractivity (Wildman–Crippen MR) is 163 cm³/mol. The second-order valence-electron chi connectivity index (χ2n) is 7.64. The summed E-state index contributed by atoms with van der Waals surface area (Å²) in [6.45, 7) is -0.275. The Labute approximate surface area is 256 Å². The molecular weight excluding hydrogens is 637 g/mol. The molecule has 7 nitrogen and oxygen atoms in total. The number of nitrogens with zero attached hydrogens (tertiary/aromatic N) is 2. The first-order valence-electron chi connectivity index (χ1n) is 11.3. The molecule has 0 aromatic heterocycles. The Bertz CT molecular complexity index is 1600. The van der Waals surface area contributed by atoms with E-state index in [0.717, 1.165) is 11.4 Å². The van der Waals surface area contributed by atoms with Crippen LogP contribution in [0.5, 0.6) is 17.2 Å². The Hall–Kier alpha value is -2.86. The Morgan fingerprint density at radius 2 is 1.60 bits per heavy atom. The molecule has 40 heavy (non-hydrogen) atoms. The number of benzene rings is 4. The average Bonchev–Trinajstić information content (AvgIpc) is 2.93. The van der Waals surface area contributed by atoms with Crippen LogP contribution in [0, 0.1) is 21.4 Å². The van der Waals surface area contributed by atoms with E-state index in [0.29, 0.717) is 38.2 Å². The first-order valence-corrected chi connectivity index (χ1v) is 15.5. The maximum atomic E-state index is 10.6. The van der Waals surface area contributed by atoms with E-state index in [1.54, 1.807) is 30.3 Å². The fourth-order valence-corrected chi connectivity index (χ4v) is 6.40. The normalized spacial score (nSPS) is 11.8. The van der Waals surface area contributed by atoms with Gasteiger partial charge in [-0.25, -0.2) is 0 Å². The lowest BCUT2D eigenvalue weighted by Crippen LogP contribution is -2.12. The van der Waals surface area contributed by atoms with Gasteiger partial charge < -0.3 is 13.8 Å². The molecule has 1 atom stereocenters. The minimum absolute atomic E-state index is 0.0604. The van der Waals surface area contributed by atoms with Crippen molar-refractivity contribution in [3.8, 4) is 23.3 Å². The molecule has 0 saturated carbocycles. The maximum absolute atomic E-state index is 10.6. The lowest BCUT2D eigenvalue weighted by molar-refractivity contribution is -0.384. The van der Waals surface area contributed by atoms with Crippen molar-refractivity contribution in [1.29, 1.82) is 5.26 Å². The zero-order valence-corrected chi connectivity index (χ0v) is 25.3. The number of nitro benzene ring substituents is 1. The van der Waals surface area contributed by atoms with Crippen LogP contribution < -0.4 is 14.6 Å². The van der Waals surface area contributed by atoms with Crippen molar-refractivity contribution in [2.45, 2.75) is 6.92 Å². The third-order valence-corrected chi connectivity index (χ3v) is 9.30. The van der Waals surface area contributed by atoms with Gasteiger partial charge in [-0.05, 0) is 67.3 Å². The van der Waals surface area contributed by atoms with Gasteiger partial charge >= 0.3 is 0 Å². The fourth-order valence-electron chi connectivity index (χ4n) is 3.09. The molecule has 0 heterocycles. The van der Waals surface area contributed by atoms with Crippen LogP contribution in [0.15, 0.2) is 84.9 Å². The second-order valence-corrected chi connectivity index (χ2v) is 12.7. The van der Waals surface area contributed by atoms with Crippen LogP contribution in [-0.4, -0.2) is 11.5 Å². The highest BCUT2D eigenvalue weighted by Gasteiger charge is 2.24. The van der Waals surface area contributed by atoms with Crippen molar-refractivity contribution in [1.82, 2.24) is 0 Å². The molecule has 0 aliphatic carbocycles. The first-order chi connectivity index (χ1) is 19.1. The highest BCUT2D eigenvalue weighted by atomic mass is 35.5. The smallest absolute Gasteiger partial charge is 0.271 e. The van der Waals surface area contributed by atoms with E-state index in [1.807, 2.05) is 43.3 Å². The molecule has 4 rings (SSSR count). The maximum Gasteiger partial charge on any atom is 0.271 e. The van der Waals surface area contributed by atoms with Crippen molar-refractivity contribution < 1.29 is 18.7 Å². The molecule has 0 spiro atoms. The molecule has 1 unspecified atom stereocenters. The van der Waals surface area contributed by atoms with E-state index in [-0.39, 0.29) is 17.0 Å². The minimum Gasteiger partial charge on any atom is -0.456 e. The molecule has 0 aliphatic rings. The quantitative estimate of drug-likeness (QED) is 0.106. The largest absolute Gasteiger partial charge is 0.456 e. The van der Waals surface area contributed by atoms with Gasteiger partial charge in [0.05, 0.1) is 26.6 Å². The lowest BCUT2D eigenvalue weighted by atomic mass is 10.2. The first kappa shape index (κ1) is 31.7. The van der Waals surface area contributed by atoms with Crippen LogP contribution in [0.4, 0.5) is 5.69 Å². The monoisotopic (exact) mass is 654 g/mol. The number of ether oxygens (including phenoxy) is 1. The van der Waals surface area contributed by atoms with Gasteiger partial charge in [0.25, 0.3) is 12.2 Å². The Kier molecular flexibility index (Phi) is 11.6. The molecular formula is C27H19Cl4N2O5PS. The summed E-state index contributed by atoms with van der Waals surface area (Å²) in [5.41, 5.74) is -0.117. The number of halogens is 4. The summed E-state index contributed by atoms with van der Waals surface area (Å²) in [6, 6.07) is 24.8. The van der Waals surface area contributed by atoms with Gasteiger partial charge in [0.15, 0.2) is 0 Å². The van der Waals surface area contributed by atoms with Crippen LogP contribution in [0.25, 0.3) is 0 Å². The summed E-state index contributed by atoms with van der Waals surface area (Å²) in [4.78, 5) is 10.1. The Balaban J connectivity index is 0.000000220. The molecule has 4 aromatic carbocycles. The van der Waals surface area contributed by atoms with E-state index < -0.39 is 11.4 Å². The van der Waals surface area contributed by atoms with Gasteiger partial charge in [-0.3, -0.25) is 10.1 Å². The van der Waals surface area contributed by atoms with Gasteiger partial charge in [0, 0.05) is 28.5 Å². The lowest BCUT2D eigenvalue weighted by Gasteiger charge is -2.23. The zero-order chi connectivity index (χ0) is 29.3. The number of hydrogen-bond acceptors (Lipinski definition) is 7. The molecule has 0 N–H and O–H groups in total. The van der Waals surface area contributed by atoms with Crippen LogP contribution in [0.2, 0.25) is 20.1 Å². The summed E-state index contributed by atoms with van der Waals surface area (Å²) in [5, 5.41) is 22.2. The summed E-state index contributed by atoms with van der Waals surface area (Å²) < 4.78 is 17.1. The fraction of sp³-hybridized carbons (Fsp3) is 0.0741. The summed E-state index contributed by atoms with van der Waals surface area (Å²) in [6.07, 6.45) is 0. The molecule has 0 aliphatic heterocycles. The van der Waals surface area contributed by atoms with Crippen LogP contribution in [0.1, 0.15) is 12.5 Å². The van der Waals surface area contributed by atoms with Crippen molar-refractivity contribution in [2.24, 2.45) is 0 Å². The highest BCUT2D eigenvalue weighted by Crippen LogP contribution is 2.49. The van der Waals surface area contributed by atoms with Gasteiger partial charge in [-0.15, -0.1) is 0 Å². The third kappa shape index (κ3) is 8.57. The highest BCUT2D eigenvalue weighted by molar-refractivity contribution is 8.13. The number of hydrogen-bond donors (Lipinski definition) is 0. The van der Waals surface area contributed by atoms with E-state index in [4.69, 9.17) is 77.3 Å². The number of non-ortho nitro benzene ring substituents is 1. The van der Waals surface area contributed by atoms with Gasteiger partial charge in [0.2, 0.25) is 0 Å². The van der Waals surface area contributed by atoms with Crippen LogP contribution in [0.3, 0.4) is 0 Å². The molecule has 206 valence electrons. The zero-order valence-electron chi connectivity index (χ0n) is 20.6. The van der Waals surface area contributed by atoms with Crippen molar-refractivity contribution in [3.05, 3.63) is 121 Å². The van der Waals surface area contributed by atoms with Crippen LogP contribution >= 0.6 is 52.9 Å². The summed E-state index contributed by atoms with van der Waals surface area (Å²) >= 11 is 29.3. The predicted octanol–water partition coefficient (Wildman–Crippen LogP) is 9.61. The van der Waals surface area contributed by atoms with E-state index >= 15 is 0 Å². The van der Waals surface area contributed by atoms with Gasteiger partial charge in [-0.1, -0.05) is 64.6 Å². The second kappa shape index (κ2) is 14.7. The van der Waals surface area contributed by atoms with Crippen molar-refractivity contribution in [3.63, 3.8) is 0 Å². The van der Waals surface area contributed by atoms with Gasteiger partial charge in [0.1, 0.15) is 28.9 Å². The Morgan fingerprint density at radius 3 is 2.20 bits per heavy atom. The third-order valence-electron chi connectivity index (χ3n) is 4.90. The van der Waals surface area contributed by atoms with Crippen LogP contribution in [-0.2, 0) is 16.3 Å². The average molecular weight is 656 g/mol. The minimum atomic E-state index is -2.63. The standard InChI is InChI=1S/C14H13Cl2O2PS.C13H6Cl2N2O3/c1-2-17-19(20,12-6-4-3-5-7-12)18-14-9-8-11(15)10-13(14)16;14-11-3-2-10(6-12(11)15)20-13-4-1-9(17(18)19)5-8(13)7-16/h3-10H,2H2,1H3;1-6H. The van der Waals surface area contributed by atoms with Crippen molar-refractivity contribution in [2.75, 3.05) is 6.61 Å². The molecule has 4 aromatic rings. The molecule has 0 bridgehead atoms. The van der Waals surface area contributed by atoms with E-state index in [1.165, 1.54) is 18.2 Å². The Morgan fingerprint density at radius 1 is 0.900 bits per heavy atom. The number of rotatable bonds is 8. The summed E-state index contributed by atoms with van der Waals surface area (Å²) in [7, 11) is 0. The van der Waals surface area contributed by atoms with E-state index in [9.17, 15) is 10.1 Å². The number of nitriles is 1. The topological polar surface area (TPSA) is 94.6 Å². The molecule has 0 saturated heterocycles. The summed E-state index contributed by atoms with van der Waals surface area (Å²) in [5.74, 6) is 1.07. The molecule has 13 heteroatoms. The SMILES string of the molecule is CCOP(=S)(Oc1ccc(Cl)cc1Cl)c1ccccc1.N#Cc1cc([N+](=O)[O-])ccc1Oc1ccc(Cl)c(Cl)c1. The van der Waals surface area contributed by atoms with E-state index in [2.05, 4.69) is 0 Å². The molecule has 0 radical (unpaired) electrons. The van der Waals surface area contributed by atoms with Gasteiger partial charge in [-0.2, -0.15) is 5.26 Å². The van der Waals surface area contributed by atoms with Crippen molar-refractivity contribution >= 4 is 75.7 Å². The number of nitro groups is 1.